The van der Waals surface area contributed by atoms with Crippen molar-refractivity contribution in [2.24, 2.45) is 10.2 Å². The maximum absolute atomic E-state index is 11.9. The van der Waals surface area contributed by atoms with Gasteiger partial charge in [0.15, 0.2) is 0 Å². The molecule has 0 fully saturated rings. The van der Waals surface area contributed by atoms with Gasteiger partial charge in [-0.25, -0.2) is 9.59 Å². The van der Waals surface area contributed by atoms with Crippen LogP contribution in [0.25, 0.3) is 0 Å². The Morgan fingerprint density at radius 3 is 2.04 bits per heavy atom. The van der Waals surface area contributed by atoms with Crippen molar-refractivity contribution in [3.8, 4) is 0 Å². The van der Waals surface area contributed by atoms with Crippen LogP contribution >= 0.6 is 0 Å². The molecular formula is C19H18N2O4. The van der Waals surface area contributed by atoms with Crippen LogP contribution < -0.4 is 0 Å². The van der Waals surface area contributed by atoms with Crippen LogP contribution in [0.2, 0.25) is 0 Å². The van der Waals surface area contributed by atoms with Gasteiger partial charge >= 0.3 is 11.9 Å². The molecule has 0 bridgehead atoms. The number of azo groups is 1. The molecule has 0 spiro atoms. The molecule has 2 aromatic carbocycles. The molecule has 2 rings (SSSR count). The molecule has 2 aromatic rings. The van der Waals surface area contributed by atoms with Gasteiger partial charge in [-0.3, -0.25) is 0 Å². The van der Waals surface area contributed by atoms with Crippen LogP contribution in [0.15, 0.2) is 77.0 Å². The standard InChI is InChI=1S/C19H18N2O4/c1-14(2)18(22)24-12-13-25-19(23)15-8-10-17(11-9-15)21-20-16-6-4-3-5-7-16/h3-11H,1,12-13H2,2H3. The number of nitrogens with zero attached hydrogens (tertiary/aromatic N) is 2. The monoisotopic (exact) mass is 338 g/mol. The quantitative estimate of drug-likeness (QED) is 0.325. The van der Waals surface area contributed by atoms with Crippen LogP contribution in [0.3, 0.4) is 0 Å². The first-order valence-electron chi connectivity index (χ1n) is 7.63. The second-order valence-electron chi connectivity index (χ2n) is 5.13. The maximum Gasteiger partial charge on any atom is 0.338 e. The third-order valence-corrected chi connectivity index (χ3v) is 3.04. The summed E-state index contributed by atoms with van der Waals surface area (Å²) in [5.41, 5.74) is 2.04. The van der Waals surface area contributed by atoms with Crippen molar-refractivity contribution in [1.29, 1.82) is 0 Å². The van der Waals surface area contributed by atoms with E-state index in [4.69, 9.17) is 9.47 Å². The van der Waals surface area contributed by atoms with E-state index in [9.17, 15) is 9.59 Å². The SMILES string of the molecule is C=C(C)C(=O)OCCOC(=O)c1ccc(N=Nc2ccccc2)cc1. The van der Waals surface area contributed by atoms with Gasteiger partial charge in [0.05, 0.1) is 16.9 Å². The summed E-state index contributed by atoms with van der Waals surface area (Å²) in [7, 11) is 0. The molecule has 0 N–H and O–H groups in total. The molecule has 0 saturated carbocycles. The van der Waals surface area contributed by atoms with E-state index in [0.717, 1.165) is 5.69 Å². The minimum atomic E-state index is -0.510. The molecule has 25 heavy (non-hydrogen) atoms. The van der Waals surface area contributed by atoms with Gasteiger partial charge in [0.2, 0.25) is 0 Å². The number of hydrogen-bond donors (Lipinski definition) is 0. The molecule has 0 saturated heterocycles. The highest BCUT2D eigenvalue weighted by molar-refractivity contribution is 5.89. The van der Waals surface area contributed by atoms with Gasteiger partial charge in [-0.05, 0) is 43.3 Å². The third kappa shape index (κ3) is 6.02. The largest absolute Gasteiger partial charge is 0.459 e. The number of esters is 2. The first kappa shape index (κ1) is 18.1. The van der Waals surface area contributed by atoms with Crippen molar-refractivity contribution in [3.63, 3.8) is 0 Å². The lowest BCUT2D eigenvalue weighted by atomic mass is 10.2. The van der Waals surface area contributed by atoms with Gasteiger partial charge in [0.1, 0.15) is 13.2 Å². The molecule has 0 atom stereocenters. The summed E-state index contributed by atoms with van der Waals surface area (Å²) in [4.78, 5) is 23.1. The van der Waals surface area contributed by atoms with E-state index in [0.29, 0.717) is 16.8 Å². The summed E-state index contributed by atoms with van der Waals surface area (Å²) in [6, 6.07) is 15.9. The number of carbonyl (C=O) groups is 2. The van der Waals surface area contributed by atoms with Gasteiger partial charge in [0.25, 0.3) is 0 Å². The van der Waals surface area contributed by atoms with Crippen molar-refractivity contribution in [3.05, 3.63) is 72.3 Å². The average molecular weight is 338 g/mol. The fourth-order valence-corrected chi connectivity index (χ4v) is 1.75. The Labute approximate surface area is 145 Å². The van der Waals surface area contributed by atoms with E-state index >= 15 is 0 Å². The Balaban J connectivity index is 1.82. The number of carbonyl (C=O) groups excluding carboxylic acids is 2. The smallest absolute Gasteiger partial charge is 0.338 e. The molecule has 128 valence electrons. The molecule has 0 aliphatic heterocycles. The Morgan fingerprint density at radius 1 is 0.880 bits per heavy atom. The fourth-order valence-electron chi connectivity index (χ4n) is 1.75. The van der Waals surface area contributed by atoms with Crippen LogP contribution in [0.4, 0.5) is 11.4 Å². The lowest BCUT2D eigenvalue weighted by molar-refractivity contribution is -0.140. The first-order chi connectivity index (χ1) is 12.1. The second kappa shape index (κ2) is 9.12. The molecule has 0 heterocycles. The zero-order chi connectivity index (χ0) is 18.1. The molecule has 6 heteroatoms. The van der Waals surface area contributed by atoms with E-state index in [1.54, 1.807) is 31.2 Å². The van der Waals surface area contributed by atoms with Gasteiger partial charge < -0.3 is 9.47 Å². The highest BCUT2D eigenvalue weighted by atomic mass is 16.6. The predicted octanol–water partition coefficient (Wildman–Crippen LogP) is 4.38. The molecule has 6 nitrogen and oxygen atoms in total. The van der Waals surface area contributed by atoms with Crippen molar-refractivity contribution < 1.29 is 19.1 Å². The summed E-state index contributed by atoms with van der Waals surface area (Å²) in [6.07, 6.45) is 0. The van der Waals surface area contributed by atoms with Crippen LogP contribution in [0.1, 0.15) is 17.3 Å². The summed E-state index contributed by atoms with van der Waals surface area (Å²) in [5, 5.41) is 8.19. The van der Waals surface area contributed by atoms with Crippen LogP contribution in [0.5, 0.6) is 0 Å². The zero-order valence-electron chi connectivity index (χ0n) is 13.8. The average Bonchev–Trinajstić information content (AvgIpc) is 2.64. The number of benzene rings is 2. The molecule has 0 aliphatic carbocycles. The van der Waals surface area contributed by atoms with Gasteiger partial charge in [-0.1, -0.05) is 24.8 Å². The summed E-state index contributed by atoms with van der Waals surface area (Å²) >= 11 is 0. The molecule has 0 aliphatic rings. The minimum absolute atomic E-state index is 0.0131. The van der Waals surface area contributed by atoms with Crippen molar-refractivity contribution in [2.45, 2.75) is 6.92 Å². The predicted molar refractivity (Wildman–Crippen MR) is 93.1 cm³/mol. The molecule has 0 aromatic heterocycles. The van der Waals surface area contributed by atoms with E-state index in [1.165, 1.54) is 0 Å². The van der Waals surface area contributed by atoms with E-state index < -0.39 is 11.9 Å². The maximum atomic E-state index is 11.9. The Bertz CT molecular complexity index is 768. The number of rotatable bonds is 7. The Morgan fingerprint density at radius 2 is 1.44 bits per heavy atom. The van der Waals surface area contributed by atoms with Crippen LogP contribution in [-0.4, -0.2) is 25.2 Å². The third-order valence-electron chi connectivity index (χ3n) is 3.04. The summed E-state index contributed by atoms with van der Waals surface area (Å²) in [5.74, 6) is -1.01. The lowest BCUT2D eigenvalue weighted by Crippen LogP contribution is -2.14. The van der Waals surface area contributed by atoms with Crippen molar-refractivity contribution in [1.82, 2.24) is 0 Å². The van der Waals surface area contributed by atoms with Gasteiger partial charge in [-0.15, -0.1) is 0 Å². The van der Waals surface area contributed by atoms with Crippen LogP contribution in [-0.2, 0) is 14.3 Å². The van der Waals surface area contributed by atoms with E-state index in [-0.39, 0.29) is 13.2 Å². The molecule has 0 unspecified atom stereocenters. The van der Waals surface area contributed by atoms with Crippen molar-refractivity contribution in [2.75, 3.05) is 13.2 Å². The van der Waals surface area contributed by atoms with E-state index in [1.807, 2.05) is 30.3 Å². The fraction of sp³-hybridized carbons (Fsp3) is 0.158. The Hall–Kier alpha value is -3.28. The summed E-state index contributed by atoms with van der Waals surface area (Å²) < 4.78 is 9.87. The normalized spacial score (nSPS) is 10.4. The molecule has 0 radical (unpaired) electrons. The number of hydrogen-bond acceptors (Lipinski definition) is 6. The van der Waals surface area contributed by atoms with Crippen LogP contribution in [0, 0.1) is 0 Å². The minimum Gasteiger partial charge on any atom is -0.459 e. The second-order valence-corrected chi connectivity index (χ2v) is 5.13. The van der Waals surface area contributed by atoms with Gasteiger partial charge in [0, 0.05) is 5.57 Å². The number of ether oxygens (including phenoxy) is 2. The zero-order valence-corrected chi connectivity index (χ0v) is 13.8. The van der Waals surface area contributed by atoms with Gasteiger partial charge in [-0.2, -0.15) is 10.2 Å². The Kier molecular flexibility index (Phi) is 6.59. The highest BCUT2D eigenvalue weighted by Gasteiger charge is 2.08. The topological polar surface area (TPSA) is 77.3 Å². The van der Waals surface area contributed by atoms with Crippen molar-refractivity contribution >= 4 is 23.3 Å². The summed E-state index contributed by atoms with van der Waals surface area (Å²) in [6.45, 7) is 4.97. The lowest BCUT2D eigenvalue weighted by Gasteiger charge is -2.06. The highest BCUT2D eigenvalue weighted by Crippen LogP contribution is 2.18. The first-order valence-corrected chi connectivity index (χ1v) is 7.63. The molecular weight excluding hydrogens is 320 g/mol. The molecule has 0 amide bonds. The van der Waals surface area contributed by atoms with E-state index in [2.05, 4.69) is 16.8 Å².